The molecule has 76 valence electrons. The first-order valence-corrected chi connectivity index (χ1v) is 4.06. The quantitative estimate of drug-likeness (QED) is 0.757. The number of alkyl halides is 2. The van der Waals surface area contributed by atoms with Crippen molar-refractivity contribution in [3.63, 3.8) is 0 Å². The van der Waals surface area contributed by atoms with Crippen molar-refractivity contribution >= 4 is 0 Å². The highest BCUT2D eigenvalue weighted by Crippen LogP contribution is 2.44. The highest BCUT2D eigenvalue weighted by molar-refractivity contribution is 5.49. The minimum atomic E-state index is -3.63. The zero-order valence-corrected chi connectivity index (χ0v) is 7.33. The number of fused-ring (bicyclic) bond motifs is 1. The summed E-state index contributed by atoms with van der Waals surface area (Å²) in [4.78, 5) is 0. The molecule has 0 amide bonds. The van der Waals surface area contributed by atoms with Crippen molar-refractivity contribution in [2.24, 2.45) is 0 Å². The van der Waals surface area contributed by atoms with Gasteiger partial charge in [0.2, 0.25) is 0 Å². The van der Waals surface area contributed by atoms with Crippen molar-refractivity contribution in [2.45, 2.75) is 19.3 Å². The summed E-state index contributed by atoms with van der Waals surface area (Å²) in [5, 5.41) is 9.28. The van der Waals surface area contributed by atoms with E-state index in [2.05, 4.69) is 9.47 Å². The maximum absolute atomic E-state index is 12.7. The summed E-state index contributed by atoms with van der Waals surface area (Å²) < 4.78 is 33.8. The number of rotatable bonds is 1. The maximum atomic E-state index is 12.7. The third kappa shape index (κ3) is 1.39. The number of hydrogen-bond donors (Lipinski definition) is 1. The van der Waals surface area contributed by atoms with E-state index in [0.717, 1.165) is 0 Å². The van der Waals surface area contributed by atoms with Gasteiger partial charge < -0.3 is 14.6 Å². The minimum Gasteiger partial charge on any atom is -0.395 e. The van der Waals surface area contributed by atoms with Gasteiger partial charge in [-0.25, -0.2) is 0 Å². The minimum absolute atomic E-state index is 0.0478. The van der Waals surface area contributed by atoms with Crippen LogP contribution in [0.3, 0.4) is 0 Å². The summed E-state index contributed by atoms with van der Waals surface area (Å²) in [6, 6.07) is 4.39. The van der Waals surface area contributed by atoms with Crippen LogP contribution in [-0.4, -0.2) is 11.4 Å². The molecule has 1 heterocycles. The Labute approximate surface area is 78.9 Å². The molecule has 1 aromatic rings. The van der Waals surface area contributed by atoms with Gasteiger partial charge >= 0.3 is 6.29 Å². The van der Waals surface area contributed by atoms with E-state index in [9.17, 15) is 13.9 Å². The van der Waals surface area contributed by atoms with Crippen LogP contribution >= 0.6 is 0 Å². The number of ether oxygens (including phenoxy) is 2. The number of hydrogen-bond acceptors (Lipinski definition) is 3. The second-order valence-corrected chi connectivity index (χ2v) is 3.02. The molecule has 5 heteroatoms. The van der Waals surface area contributed by atoms with Gasteiger partial charge in [-0.15, -0.1) is 8.78 Å². The van der Waals surface area contributed by atoms with Crippen LogP contribution in [0.15, 0.2) is 18.2 Å². The Morgan fingerprint density at radius 3 is 2.71 bits per heavy atom. The van der Waals surface area contributed by atoms with E-state index in [1.807, 2.05) is 0 Å². The lowest BCUT2D eigenvalue weighted by atomic mass is 10.1. The van der Waals surface area contributed by atoms with E-state index in [0.29, 0.717) is 5.56 Å². The van der Waals surface area contributed by atoms with Gasteiger partial charge in [0, 0.05) is 5.56 Å². The first-order chi connectivity index (χ1) is 6.49. The highest BCUT2D eigenvalue weighted by Gasteiger charge is 2.44. The average molecular weight is 202 g/mol. The summed E-state index contributed by atoms with van der Waals surface area (Å²) in [6.45, 7) is 1.47. The third-order valence-corrected chi connectivity index (χ3v) is 1.91. The molecule has 1 aliphatic heterocycles. The molecule has 0 saturated carbocycles. The molecule has 0 saturated heterocycles. The van der Waals surface area contributed by atoms with Gasteiger partial charge in [-0.3, -0.25) is 0 Å². The van der Waals surface area contributed by atoms with Crippen LogP contribution in [0.25, 0.3) is 0 Å². The number of aliphatic hydroxyl groups excluding tert-OH is 1. The molecule has 0 fully saturated rings. The Bertz CT molecular complexity index is 363. The first-order valence-electron chi connectivity index (χ1n) is 4.06. The van der Waals surface area contributed by atoms with Gasteiger partial charge in [0.05, 0.1) is 6.10 Å². The summed E-state index contributed by atoms with van der Waals surface area (Å²) in [5.41, 5.74) is 0.291. The zero-order chi connectivity index (χ0) is 10.3. The van der Waals surface area contributed by atoms with Crippen molar-refractivity contribution in [3.05, 3.63) is 23.8 Å². The summed E-state index contributed by atoms with van der Waals surface area (Å²) in [6.07, 6.45) is -4.50. The Kier molecular flexibility index (Phi) is 1.85. The molecule has 0 bridgehead atoms. The van der Waals surface area contributed by atoms with Gasteiger partial charge in [0.1, 0.15) is 0 Å². The van der Waals surface area contributed by atoms with Crippen molar-refractivity contribution in [2.75, 3.05) is 0 Å². The van der Waals surface area contributed by atoms with Crippen molar-refractivity contribution < 1.29 is 23.4 Å². The molecule has 2 rings (SSSR count). The van der Waals surface area contributed by atoms with Crippen LogP contribution in [0.2, 0.25) is 0 Å². The Morgan fingerprint density at radius 2 is 2.07 bits per heavy atom. The largest absolute Gasteiger partial charge is 0.586 e. The van der Waals surface area contributed by atoms with Crippen LogP contribution in [0.5, 0.6) is 11.5 Å². The second kappa shape index (κ2) is 2.81. The molecule has 0 aromatic heterocycles. The van der Waals surface area contributed by atoms with E-state index in [-0.39, 0.29) is 11.5 Å². The highest BCUT2D eigenvalue weighted by atomic mass is 19.3. The van der Waals surface area contributed by atoms with E-state index in [1.165, 1.54) is 25.1 Å². The molecule has 0 spiro atoms. The van der Waals surface area contributed by atoms with Gasteiger partial charge in [0.15, 0.2) is 11.5 Å². The van der Waals surface area contributed by atoms with Crippen LogP contribution in [0.4, 0.5) is 8.78 Å². The van der Waals surface area contributed by atoms with Gasteiger partial charge in [-0.2, -0.15) is 0 Å². The third-order valence-electron chi connectivity index (χ3n) is 1.91. The lowest BCUT2D eigenvalue weighted by Gasteiger charge is -2.08. The second-order valence-electron chi connectivity index (χ2n) is 3.02. The van der Waals surface area contributed by atoms with Gasteiger partial charge in [-0.05, 0) is 13.0 Å². The van der Waals surface area contributed by atoms with E-state index in [4.69, 9.17) is 0 Å². The number of para-hydroxylation sites is 1. The standard InChI is InChI=1S/C9H8F2O3/c1-5(12)6-3-2-4-7-8(6)14-9(10,11)13-7/h2-5,12H,1H3. The zero-order valence-electron chi connectivity index (χ0n) is 7.33. The van der Waals surface area contributed by atoms with E-state index in [1.54, 1.807) is 0 Å². The summed E-state index contributed by atoms with van der Waals surface area (Å²) in [7, 11) is 0. The predicted molar refractivity (Wildman–Crippen MR) is 43.3 cm³/mol. The van der Waals surface area contributed by atoms with Crippen molar-refractivity contribution in [1.82, 2.24) is 0 Å². The molecule has 3 nitrogen and oxygen atoms in total. The predicted octanol–water partition coefficient (Wildman–Crippen LogP) is 2.06. The maximum Gasteiger partial charge on any atom is 0.586 e. The van der Waals surface area contributed by atoms with Gasteiger partial charge in [0.25, 0.3) is 0 Å². The Hall–Kier alpha value is -1.36. The first kappa shape index (κ1) is 9.21. The molecule has 1 unspecified atom stereocenters. The summed E-state index contributed by atoms with van der Waals surface area (Å²) in [5.74, 6) is -0.138. The number of benzene rings is 1. The van der Waals surface area contributed by atoms with E-state index >= 15 is 0 Å². The molecule has 1 atom stereocenters. The molecular weight excluding hydrogens is 194 g/mol. The Morgan fingerprint density at radius 1 is 1.36 bits per heavy atom. The molecular formula is C9H8F2O3. The lowest BCUT2D eigenvalue weighted by molar-refractivity contribution is -0.287. The normalized spacial score (nSPS) is 19.4. The molecule has 1 aromatic carbocycles. The summed E-state index contributed by atoms with van der Waals surface area (Å²) >= 11 is 0. The topological polar surface area (TPSA) is 38.7 Å². The Balaban J connectivity index is 2.46. The van der Waals surface area contributed by atoms with E-state index < -0.39 is 12.4 Å². The monoisotopic (exact) mass is 202 g/mol. The van der Waals surface area contributed by atoms with Gasteiger partial charge in [-0.1, -0.05) is 12.1 Å². The van der Waals surface area contributed by atoms with Crippen LogP contribution in [-0.2, 0) is 0 Å². The fourth-order valence-electron chi connectivity index (χ4n) is 1.32. The smallest absolute Gasteiger partial charge is 0.395 e. The average Bonchev–Trinajstić information content (AvgIpc) is 2.36. The van der Waals surface area contributed by atoms with Crippen LogP contribution in [0.1, 0.15) is 18.6 Å². The molecule has 0 aliphatic carbocycles. The molecule has 0 radical (unpaired) electrons. The SMILES string of the molecule is CC(O)c1cccc2c1OC(F)(F)O2. The fraction of sp³-hybridized carbons (Fsp3) is 0.333. The molecule has 1 aliphatic rings. The lowest BCUT2D eigenvalue weighted by Crippen LogP contribution is -2.26. The number of aliphatic hydroxyl groups is 1. The molecule has 1 N–H and O–H groups in total. The fourth-order valence-corrected chi connectivity index (χ4v) is 1.32. The van der Waals surface area contributed by atoms with Crippen molar-refractivity contribution in [3.8, 4) is 11.5 Å². The van der Waals surface area contributed by atoms with Crippen molar-refractivity contribution in [1.29, 1.82) is 0 Å². The molecule has 14 heavy (non-hydrogen) atoms. The number of halogens is 2. The van der Waals surface area contributed by atoms with Crippen LogP contribution in [0, 0.1) is 0 Å². The van der Waals surface area contributed by atoms with Crippen LogP contribution < -0.4 is 9.47 Å².